The van der Waals surface area contributed by atoms with Crippen molar-refractivity contribution in [3.8, 4) is 0 Å². The van der Waals surface area contributed by atoms with Gasteiger partial charge in [0.05, 0.1) is 29.8 Å². The third-order valence-corrected chi connectivity index (χ3v) is 7.47. The highest BCUT2D eigenvalue weighted by Crippen LogP contribution is 2.24. The number of hydrogen-bond acceptors (Lipinski definition) is 4. The third-order valence-electron chi connectivity index (χ3n) is 4.94. The predicted molar refractivity (Wildman–Crippen MR) is 98.2 cm³/mol. The van der Waals surface area contributed by atoms with Crippen LogP contribution in [0.5, 0.6) is 0 Å². The molecule has 6 nitrogen and oxygen atoms in total. The van der Waals surface area contributed by atoms with Crippen molar-refractivity contribution in [1.82, 2.24) is 10.2 Å². The highest BCUT2D eigenvalue weighted by Gasteiger charge is 2.40. The summed E-state index contributed by atoms with van der Waals surface area (Å²) in [5.41, 5.74) is 0. The molecule has 0 atom stereocenters. The number of rotatable bonds is 5. The van der Waals surface area contributed by atoms with E-state index in [9.17, 15) is 8.42 Å². The van der Waals surface area contributed by atoms with Gasteiger partial charge in [0.25, 0.3) is 0 Å². The molecule has 1 aliphatic heterocycles. The zero-order valence-electron chi connectivity index (χ0n) is 15.4. The Labute approximate surface area is 147 Å². The lowest BCUT2D eigenvalue weighted by Crippen LogP contribution is -2.57. The molecule has 0 radical (unpaired) electrons. The first-order chi connectivity index (χ1) is 11.4. The SMILES string of the molecule is CCNC(=NCCOC1CCCCC1)N1CCS(=O)(=O)C(C)(C)C1. The molecule has 2 rings (SSSR count). The summed E-state index contributed by atoms with van der Waals surface area (Å²) >= 11 is 0. The Kier molecular flexibility index (Phi) is 6.92. The van der Waals surface area contributed by atoms with E-state index in [0.717, 1.165) is 12.5 Å². The van der Waals surface area contributed by atoms with Crippen LogP contribution in [0.3, 0.4) is 0 Å². The molecular weight excluding hydrogens is 326 g/mol. The highest BCUT2D eigenvalue weighted by molar-refractivity contribution is 7.92. The first-order valence-corrected chi connectivity index (χ1v) is 10.9. The van der Waals surface area contributed by atoms with Crippen LogP contribution in [0.25, 0.3) is 0 Å². The van der Waals surface area contributed by atoms with Gasteiger partial charge in [-0.15, -0.1) is 0 Å². The summed E-state index contributed by atoms with van der Waals surface area (Å²) in [7, 11) is -3.03. The van der Waals surface area contributed by atoms with Gasteiger partial charge in [0.2, 0.25) is 0 Å². The molecule has 140 valence electrons. The lowest BCUT2D eigenvalue weighted by atomic mass is 9.98. The van der Waals surface area contributed by atoms with Crippen molar-refractivity contribution < 1.29 is 13.2 Å². The van der Waals surface area contributed by atoms with Gasteiger partial charge in [-0.25, -0.2) is 8.42 Å². The monoisotopic (exact) mass is 359 g/mol. The Hall–Kier alpha value is -0.820. The number of aliphatic imine (C=N–C) groups is 1. The molecule has 0 aromatic rings. The summed E-state index contributed by atoms with van der Waals surface area (Å²) < 4.78 is 29.5. The summed E-state index contributed by atoms with van der Waals surface area (Å²) in [6.45, 7) is 8.61. The maximum absolute atomic E-state index is 12.2. The molecular formula is C17H33N3O3S. The van der Waals surface area contributed by atoms with Crippen LogP contribution in [0, 0.1) is 0 Å². The van der Waals surface area contributed by atoms with E-state index in [-0.39, 0.29) is 5.75 Å². The summed E-state index contributed by atoms with van der Waals surface area (Å²) in [5, 5.41) is 3.28. The van der Waals surface area contributed by atoms with Gasteiger partial charge in [0, 0.05) is 19.6 Å². The second-order valence-electron chi connectivity index (χ2n) is 7.37. The number of ether oxygens (including phenoxy) is 1. The van der Waals surface area contributed by atoms with Crippen molar-refractivity contribution in [1.29, 1.82) is 0 Å². The Balaban J connectivity index is 1.88. The Morgan fingerprint density at radius 2 is 2.00 bits per heavy atom. The topological polar surface area (TPSA) is 71.0 Å². The first kappa shape index (κ1) is 19.5. The summed E-state index contributed by atoms with van der Waals surface area (Å²) in [6.07, 6.45) is 6.61. The average molecular weight is 360 g/mol. The van der Waals surface area contributed by atoms with Gasteiger partial charge in [-0.1, -0.05) is 19.3 Å². The minimum absolute atomic E-state index is 0.184. The van der Waals surface area contributed by atoms with Gasteiger partial charge in [0.15, 0.2) is 15.8 Å². The average Bonchev–Trinajstić information content (AvgIpc) is 2.54. The van der Waals surface area contributed by atoms with Crippen LogP contribution in [0.15, 0.2) is 4.99 Å². The van der Waals surface area contributed by atoms with E-state index in [4.69, 9.17) is 4.74 Å². The Morgan fingerprint density at radius 1 is 1.29 bits per heavy atom. The van der Waals surface area contributed by atoms with E-state index in [1.807, 2.05) is 6.92 Å². The van der Waals surface area contributed by atoms with E-state index in [1.165, 1.54) is 32.1 Å². The minimum Gasteiger partial charge on any atom is -0.376 e. The van der Waals surface area contributed by atoms with E-state index in [2.05, 4.69) is 15.2 Å². The van der Waals surface area contributed by atoms with Gasteiger partial charge >= 0.3 is 0 Å². The smallest absolute Gasteiger partial charge is 0.194 e. The van der Waals surface area contributed by atoms with Crippen molar-refractivity contribution in [3.63, 3.8) is 0 Å². The van der Waals surface area contributed by atoms with E-state index < -0.39 is 14.6 Å². The van der Waals surface area contributed by atoms with Crippen molar-refractivity contribution in [2.24, 2.45) is 4.99 Å². The molecule has 1 heterocycles. The third kappa shape index (κ3) is 5.09. The number of hydrogen-bond donors (Lipinski definition) is 1. The maximum atomic E-state index is 12.2. The molecule has 0 aromatic heterocycles. The molecule has 1 saturated heterocycles. The molecule has 0 bridgehead atoms. The first-order valence-electron chi connectivity index (χ1n) is 9.23. The van der Waals surface area contributed by atoms with Crippen LogP contribution < -0.4 is 5.32 Å². The number of nitrogens with zero attached hydrogens (tertiary/aromatic N) is 2. The zero-order valence-corrected chi connectivity index (χ0v) is 16.2. The summed E-state index contributed by atoms with van der Waals surface area (Å²) in [5.74, 6) is 0.982. The fraction of sp³-hybridized carbons (Fsp3) is 0.941. The minimum atomic E-state index is -3.03. The van der Waals surface area contributed by atoms with E-state index in [0.29, 0.717) is 32.3 Å². The standard InChI is InChI=1S/C17H33N3O3S/c1-4-18-16(19-10-12-23-15-8-6-5-7-9-15)20-11-13-24(21,22)17(2,3)14-20/h15H,4-14H2,1-3H3,(H,18,19). The fourth-order valence-corrected chi connectivity index (χ4v) is 4.72. The molecule has 2 fully saturated rings. The van der Waals surface area contributed by atoms with Crippen LogP contribution in [0.4, 0.5) is 0 Å². The maximum Gasteiger partial charge on any atom is 0.194 e. The molecule has 0 unspecified atom stereocenters. The summed E-state index contributed by atoms with van der Waals surface area (Å²) in [4.78, 5) is 6.71. The lowest BCUT2D eigenvalue weighted by molar-refractivity contribution is 0.0334. The van der Waals surface area contributed by atoms with Gasteiger partial charge in [-0.05, 0) is 33.6 Å². The number of guanidine groups is 1. The van der Waals surface area contributed by atoms with E-state index in [1.54, 1.807) is 13.8 Å². The Morgan fingerprint density at radius 3 is 2.62 bits per heavy atom. The molecule has 0 aromatic carbocycles. The van der Waals surface area contributed by atoms with Crippen LogP contribution >= 0.6 is 0 Å². The fourth-order valence-electron chi connectivity index (χ4n) is 3.35. The Bertz CT molecular complexity index is 525. The zero-order chi connectivity index (χ0) is 17.6. The van der Waals surface area contributed by atoms with Crippen molar-refractivity contribution in [3.05, 3.63) is 0 Å². The van der Waals surface area contributed by atoms with Gasteiger partial charge in [0.1, 0.15) is 0 Å². The molecule has 24 heavy (non-hydrogen) atoms. The molecule has 1 saturated carbocycles. The van der Waals surface area contributed by atoms with Crippen LogP contribution in [-0.2, 0) is 14.6 Å². The second kappa shape index (κ2) is 8.52. The quantitative estimate of drug-likeness (QED) is 0.460. The van der Waals surface area contributed by atoms with Gasteiger partial charge in [-0.2, -0.15) is 0 Å². The summed E-state index contributed by atoms with van der Waals surface area (Å²) in [6, 6.07) is 0. The number of nitrogens with one attached hydrogen (secondary N) is 1. The molecule has 0 spiro atoms. The van der Waals surface area contributed by atoms with Gasteiger partial charge < -0.3 is 15.0 Å². The van der Waals surface area contributed by atoms with Crippen LogP contribution in [-0.4, -0.2) is 68.7 Å². The van der Waals surface area contributed by atoms with Crippen molar-refractivity contribution in [2.45, 2.75) is 63.7 Å². The van der Waals surface area contributed by atoms with Gasteiger partial charge in [-0.3, -0.25) is 4.99 Å². The van der Waals surface area contributed by atoms with Crippen LogP contribution in [0.2, 0.25) is 0 Å². The second-order valence-corrected chi connectivity index (χ2v) is 10.1. The van der Waals surface area contributed by atoms with Crippen molar-refractivity contribution >= 4 is 15.8 Å². The number of sulfone groups is 1. The molecule has 1 aliphatic carbocycles. The molecule has 7 heteroatoms. The largest absolute Gasteiger partial charge is 0.376 e. The van der Waals surface area contributed by atoms with E-state index >= 15 is 0 Å². The molecule has 1 N–H and O–H groups in total. The van der Waals surface area contributed by atoms with Crippen LogP contribution in [0.1, 0.15) is 52.9 Å². The normalized spacial score (nSPS) is 24.8. The lowest BCUT2D eigenvalue weighted by Gasteiger charge is -2.39. The predicted octanol–water partition coefficient (Wildman–Crippen LogP) is 1.81. The molecule has 0 amide bonds. The highest BCUT2D eigenvalue weighted by atomic mass is 32.2. The molecule has 2 aliphatic rings. The van der Waals surface area contributed by atoms with Crippen molar-refractivity contribution in [2.75, 3.05) is 38.5 Å².